The third kappa shape index (κ3) is 4.19. The lowest BCUT2D eigenvalue weighted by molar-refractivity contribution is -0.128. The zero-order chi connectivity index (χ0) is 20.3. The van der Waals surface area contributed by atoms with Gasteiger partial charge in [0.05, 0.1) is 11.6 Å². The van der Waals surface area contributed by atoms with Crippen molar-refractivity contribution in [2.24, 2.45) is 5.92 Å². The number of para-hydroxylation sites is 2. The van der Waals surface area contributed by atoms with E-state index in [-0.39, 0.29) is 36.4 Å². The first-order chi connectivity index (χ1) is 13.4. The Bertz CT molecular complexity index is 915. The molecule has 7 heteroatoms. The molecule has 1 N–H and O–H groups in total. The Morgan fingerprint density at radius 1 is 1.18 bits per heavy atom. The van der Waals surface area contributed by atoms with Crippen molar-refractivity contribution in [1.29, 1.82) is 0 Å². The molecule has 1 aliphatic heterocycles. The molecule has 0 aromatic heterocycles. The first-order valence-electron chi connectivity index (χ1n) is 9.02. The van der Waals surface area contributed by atoms with Gasteiger partial charge in [0.25, 0.3) is 0 Å². The number of hydrogen-bond donors (Lipinski definition) is 1. The zero-order valence-electron chi connectivity index (χ0n) is 15.8. The highest BCUT2D eigenvalue weighted by molar-refractivity contribution is 6.03. The van der Waals surface area contributed by atoms with E-state index in [2.05, 4.69) is 5.32 Å². The quantitative estimate of drug-likeness (QED) is 0.863. The van der Waals surface area contributed by atoms with E-state index in [1.54, 1.807) is 36.2 Å². The van der Waals surface area contributed by atoms with Gasteiger partial charge in [-0.1, -0.05) is 30.3 Å². The molecule has 0 spiro atoms. The number of rotatable bonds is 5. The smallest absolute Gasteiger partial charge is 0.229 e. The fourth-order valence-corrected chi connectivity index (χ4v) is 3.17. The molecule has 6 nitrogen and oxygen atoms in total. The summed E-state index contributed by atoms with van der Waals surface area (Å²) in [5.74, 6) is -1.73. The Kier molecular flexibility index (Phi) is 5.73. The van der Waals surface area contributed by atoms with Crippen LogP contribution in [0.3, 0.4) is 0 Å². The molecule has 146 valence electrons. The monoisotopic (exact) mass is 383 g/mol. The van der Waals surface area contributed by atoms with Gasteiger partial charge in [-0.25, -0.2) is 4.39 Å². The van der Waals surface area contributed by atoms with E-state index in [0.29, 0.717) is 12.2 Å². The van der Waals surface area contributed by atoms with Gasteiger partial charge in [0.1, 0.15) is 5.82 Å². The van der Waals surface area contributed by atoms with Crippen molar-refractivity contribution < 1.29 is 18.8 Å². The topological polar surface area (TPSA) is 69.7 Å². The molecule has 2 aromatic rings. The summed E-state index contributed by atoms with van der Waals surface area (Å²) in [7, 11) is 1.68. The molecular weight excluding hydrogens is 361 g/mol. The minimum Gasteiger partial charge on any atom is -0.342 e. The summed E-state index contributed by atoms with van der Waals surface area (Å²) in [5, 5.41) is 2.85. The Labute approximate surface area is 162 Å². The summed E-state index contributed by atoms with van der Waals surface area (Å²) in [6, 6.07) is 13.2. The van der Waals surface area contributed by atoms with E-state index in [1.165, 1.54) is 24.0 Å². The number of carbonyl (C=O) groups is 3. The molecule has 0 radical (unpaired) electrons. The van der Waals surface area contributed by atoms with Crippen LogP contribution in [-0.4, -0.2) is 36.2 Å². The van der Waals surface area contributed by atoms with Crippen molar-refractivity contribution in [1.82, 2.24) is 4.90 Å². The third-order valence-corrected chi connectivity index (χ3v) is 4.86. The normalized spacial score (nSPS) is 16.2. The number of amides is 3. The molecule has 1 aliphatic rings. The van der Waals surface area contributed by atoms with Gasteiger partial charge >= 0.3 is 0 Å². The molecule has 1 heterocycles. The average Bonchev–Trinajstić information content (AvgIpc) is 3.05. The van der Waals surface area contributed by atoms with Crippen LogP contribution in [0.25, 0.3) is 0 Å². The second-order valence-electron chi connectivity index (χ2n) is 6.88. The molecule has 0 aliphatic carbocycles. The molecule has 3 rings (SSSR count). The molecule has 1 saturated heterocycles. The summed E-state index contributed by atoms with van der Waals surface area (Å²) < 4.78 is 14.0. The molecule has 1 fully saturated rings. The van der Waals surface area contributed by atoms with Crippen LogP contribution in [0.4, 0.5) is 15.8 Å². The Morgan fingerprint density at radius 3 is 2.57 bits per heavy atom. The van der Waals surface area contributed by atoms with Crippen molar-refractivity contribution in [2.75, 3.05) is 23.8 Å². The summed E-state index contributed by atoms with van der Waals surface area (Å²) in [6.45, 7) is 1.96. The highest BCUT2D eigenvalue weighted by Gasteiger charge is 2.36. The van der Waals surface area contributed by atoms with E-state index < -0.39 is 11.7 Å². The predicted octanol–water partition coefficient (Wildman–Crippen LogP) is 2.80. The first kappa shape index (κ1) is 19.5. The largest absolute Gasteiger partial charge is 0.342 e. The number of halogens is 1. The zero-order valence-corrected chi connectivity index (χ0v) is 15.8. The lowest BCUT2D eigenvalue weighted by Crippen LogP contribution is -2.29. The Morgan fingerprint density at radius 2 is 1.86 bits per heavy atom. The molecule has 28 heavy (non-hydrogen) atoms. The van der Waals surface area contributed by atoms with Crippen molar-refractivity contribution in [3.8, 4) is 0 Å². The maximum Gasteiger partial charge on any atom is 0.229 e. The number of anilines is 2. The van der Waals surface area contributed by atoms with Crippen molar-refractivity contribution in [3.63, 3.8) is 0 Å². The summed E-state index contributed by atoms with van der Waals surface area (Å²) in [4.78, 5) is 39.4. The SMILES string of the molecule is CC(=O)N(C)Cc1ccccc1NC(=O)C1CC(=O)N(c2ccccc2F)C1. The lowest BCUT2D eigenvalue weighted by atomic mass is 10.1. The summed E-state index contributed by atoms with van der Waals surface area (Å²) >= 11 is 0. The summed E-state index contributed by atoms with van der Waals surface area (Å²) in [5.41, 5.74) is 1.58. The van der Waals surface area contributed by atoms with Crippen molar-refractivity contribution in [3.05, 3.63) is 59.9 Å². The highest BCUT2D eigenvalue weighted by Crippen LogP contribution is 2.28. The molecule has 3 amide bonds. The van der Waals surface area contributed by atoms with Crippen LogP contribution in [0.5, 0.6) is 0 Å². The predicted molar refractivity (Wildman–Crippen MR) is 104 cm³/mol. The lowest BCUT2D eigenvalue weighted by Gasteiger charge is -2.19. The van der Waals surface area contributed by atoms with Gasteiger partial charge < -0.3 is 15.1 Å². The molecule has 0 bridgehead atoms. The van der Waals surface area contributed by atoms with Gasteiger partial charge in [-0.2, -0.15) is 0 Å². The second kappa shape index (κ2) is 8.21. The number of nitrogens with one attached hydrogen (secondary N) is 1. The van der Waals surface area contributed by atoms with E-state index in [1.807, 2.05) is 12.1 Å². The van der Waals surface area contributed by atoms with E-state index >= 15 is 0 Å². The van der Waals surface area contributed by atoms with E-state index in [9.17, 15) is 18.8 Å². The fourth-order valence-electron chi connectivity index (χ4n) is 3.17. The first-order valence-corrected chi connectivity index (χ1v) is 9.02. The minimum absolute atomic E-state index is 0.0235. The van der Waals surface area contributed by atoms with Gasteiger partial charge in [-0.05, 0) is 23.8 Å². The molecule has 1 atom stereocenters. The minimum atomic E-state index is -0.578. The van der Waals surface area contributed by atoms with Crippen LogP contribution in [-0.2, 0) is 20.9 Å². The van der Waals surface area contributed by atoms with Gasteiger partial charge in [0.2, 0.25) is 17.7 Å². The van der Waals surface area contributed by atoms with Crippen molar-refractivity contribution in [2.45, 2.75) is 19.9 Å². The standard InChI is InChI=1S/C21H22FN3O3/c1-14(26)24(2)12-15-7-3-5-9-18(15)23-21(28)16-11-20(27)25(13-16)19-10-6-4-8-17(19)22/h3-10,16H,11-13H2,1-2H3,(H,23,28). The second-order valence-corrected chi connectivity index (χ2v) is 6.88. The van der Waals surface area contributed by atoms with Gasteiger partial charge in [0, 0.05) is 39.2 Å². The van der Waals surface area contributed by atoms with Crippen LogP contribution in [0.15, 0.2) is 48.5 Å². The molecule has 0 saturated carbocycles. The maximum absolute atomic E-state index is 14.0. The highest BCUT2D eigenvalue weighted by atomic mass is 19.1. The number of nitrogens with zero attached hydrogens (tertiary/aromatic N) is 2. The van der Waals surface area contributed by atoms with Crippen molar-refractivity contribution >= 4 is 29.1 Å². The van der Waals surface area contributed by atoms with Crippen LogP contribution in [0, 0.1) is 11.7 Å². The van der Waals surface area contributed by atoms with Gasteiger partial charge in [-0.15, -0.1) is 0 Å². The molecule has 1 unspecified atom stereocenters. The van der Waals surface area contributed by atoms with E-state index in [0.717, 1.165) is 5.56 Å². The summed E-state index contributed by atoms with van der Waals surface area (Å²) in [6.07, 6.45) is 0.0235. The number of hydrogen-bond acceptors (Lipinski definition) is 3. The maximum atomic E-state index is 14.0. The van der Waals surface area contributed by atoms with E-state index in [4.69, 9.17) is 0 Å². The van der Waals surface area contributed by atoms with Crippen LogP contribution < -0.4 is 10.2 Å². The molecular formula is C21H22FN3O3. The molecule has 2 aromatic carbocycles. The van der Waals surface area contributed by atoms with Crippen LogP contribution in [0.1, 0.15) is 18.9 Å². The van der Waals surface area contributed by atoms with Crippen LogP contribution in [0.2, 0.25) is 0 Å². The van der Waals surface area contributed by atoms with Gasteiger partial charge in [-0.3, -0.25) is 14.4 Å². The van der Waals surface area contributed by atoms with Gasteiger partial charge in [0.15, 0.2) is 0 Å². The fraction of sp³-hybridized carbons (Fsp3) is 0.286. The Balaban J connectivity index is 1.72. The third-order valence-electron chi connectivity index (χ3n) is 4.86. The number of carbonyl (C=O) groups excluding carboxylic acids is 3. The van der Waals surface area contributed by atoms with Crippen LogP contribution >= 0.6 is 0 Å². The number of benzene rings is 2. The average molecular weight is 383 g/mol. The Hall–Kier alpha value is -3.22.